The van der Waals surface area contributed by atoms with Gasteiger partial charge in [0, 0.05) is 13.6 Å². The average molecular weight is 210 g/mol. The SMILES string of the molecule is Cc1nc(N)c(C(=O)NCC(C)C)n1C. The van der Waals surface area contributed by atoms with Gasteiger partial charge in [0.25, 0.3) is 5.91 Å². The normalized spacial score (nSPS) is 10.7. The van der Waals surface area contributed by atoms with Gasteiger partial charge < -0.3 is 15.6 Å². The molecule has 5 heteroatoms. The molecule has 1 heterocycles. The maximum Gasteiger partial charge on any atom is 0.271 e. The van der Waals surface area contributed by atoms with E-state index in [1.807, 2.05) is 20.8 Å². The quantitative estimate of drug-likeness (QED) is 0.771. The summed E-state index contributed by atoms with van der Waals surface area (Å²) in [5, 5.41) is 2.81. The highest BCUT2D eigenvalue weighted by Crippen LogP contribution is 2.11. The summed E-state index contributed by atoms with van der Waals surface area (Å²) in [6.45, 7) is 6.54. The van der Waals surface area contributed by atoms with Gasteiger partial charge in [-0.1, -0.05) is 13.8 Å². The van der Waals surface area contributed by atoms with E-state index in [1.54, 1.807) is 11.6 Å². The Hall–Kier alpha value is -1.52. The van der Waals surface area contributed by atoms with E-state index in [0.717, 1.165) is 5.82 Å². The number of aromatic nitrogens is 2. The van der Waals surface area contributed by atoms with Crippen molar-refractivity contribution in [3.8, 4) is 0 Å². The van der Waals surface area contributed by atoms with Crippen LogP contribution in [0.3, 0.4) is 0 Å². The van der Waals surface area contributed by atoms with Crippen LogP contribution in [0.4, 0.5) is 5.82 Å². The number of amides is 1. The standard InChI is InChI=1S/C10H18N4O/c1-6(2)5-12-10(15)8-9(11)13-7(3)14(8)4/h6H,5,11H2,1-4H3,(H,12,15). The number of hydrogen-bond acceptors (Lipinski definition) is 3. The molecule has 0 aromatic carbocycles. The van der Waals surface area contributed by atoms with Gasteiger partial charge in [-0.3, -0.25) is 4.79 Å². The topological polar surface area (TPSA) is 72.9 Å². The predicted molar refractivity (Wildman–Crippen MR) is 59.5 cm³/mol. The lowest BCUT2D eigenvalue weighted by molar-refractivity contribution is 0.0941. The van der Waals surface area contributed by atoms with Crippen LogP contribution in [0.15, 0.2) is 0 Å². The largest absolute Gasteiger partial charge is 0.382 e. The molecule has 0 aliphatic heterocycles. The van der Waals surface area contributed by atoms with Crippen LogP contribution in [0.1, 0.15) is 30.2 Å². The number of aryl methyl sites for hydroxylation is 1. The second-order valence-electron chi connectivity index (χ2n) is 4.06. The molecule has 0 aliphatic rings. The van der Waals surface area contributed by atoms with Crippen molar-refractivity contribution >= 4 is 11.7 Å². The van der Waals surface area contributed by atoms with E-state index in [2.05, 4.69) is 10.3 Å². The number of nitrogens with zero attached hydrogens (tertiary/aromatic N) is 2. The van der Waals surface area contributed by atoms with Gasteiger partial charge in [-0.15, -0.1) is 0 Å². The van der Waals surface area contributed by atoms with Crippen molar-refractivity contribution in [2.75, 3.05) is 12.3 Å². The molecule has 0 saturated carbocycles. The molecule has 1 amide bonds. The monoisotopic (exact) mass is 210 g/mol. The van der Waals surface area contributed by atoms with Crippen molar-refractivity contribution in [1.82, 2.24) is 14.9 Å². The second-order valence-corrected chi connectivity index (χ2v) is 4.06. The number of carbonyl (C=O) groups excluding carboxylic acids is 1. The number of anilines is 1. The van der Waals surface area contributed by atoms with Gasteiger partial charge in [0.05, 0.1) is 0 Å². The third kappa shape index (κ3) is 2.49. The molecule has 0 fully saturated rings. The number of carbonyl (C=O) groups is 1. The summed E-state index contributed by atoms with van der Waals surface area (Å²) in [7, 11) is 1.78. The molecule has 0 spiro atoms. The zero-order valence-electron chi connectivity index (χ0n) is 9.66. The third-order valence-electron chi connectivity index (χ3n) is 2.23. The Kier molecular flexibility index (Phi) is 3.34. The first-order valence-corrected chi connectivity index (χ1v) is 5.00. The minimum absolute atomic E-state index is 0.163. The highest BCUT2D eigenvalue weighted by Gasteiger charge is 2.17. The van der Waals surface area contributed by atoms with Crippen molar-refractivity contribution in [2.45, 2.75) is 20.8 Å². The van der Waals surface area contributed by atoms with Gasteiger partial charge in [0.1, 0.15) is 5.82 Å². The van der Waals surface area contributed by atoms with Crippen LogP contribution in [0.25, 0.3) is 0 Å². The summed E-state index contributed by atoms with van der Waals surface area (Å²) in [6.07, 6.45) is 0. The van der Waals surface area contributed by atoms with Gasteiger partial charge in [0.2, 0.25) is 0 Å². The van der Waals surface area contributed by atoms with Crippen LogP contribution in [0.5, 0.6) is 0 Å². The predicted octanol–water partition coefficient (Wildman–Crippen LogP) is 0.697. The Balaban J connectivity index is 2.82. The number of imidazole rings is 1. The molecule has 1 aromatic heterocycles. The average Bonchev–Trinajstić information content (AvgIpc) is 2.37. The highest BCUT2D eigenvalue weighted by atomic mass is 16.2. The molecule has 0 bridgehead atoms. The molecule has 1 aromatic rings. The van der Waals surface area contributed by atoms with E-state index in [0.29, 0.717) is 18.2 Å². The van der Waals surface area contributed by atoms with Crippen LogP contribution >= 0.6 is 0 Å². The van der Waals surface area contributed by atoms with Crippen molar-refractivity contribution in [1.29, 1.82) is 0 Å². The molecule has 0 unspecified atom stereocenters. The lowest BCUT2D eigenvalue weighted by Crippen LogP contribution is -2.29. The highest BCUT2D eigenvalue weighted by molar-refractivity contribution is 5.96. The van der Waals surface area contributed by atoms with E-state index >= 15 is 0 Å². The molecule has 84 valence electrons. The first-order chi connectivity index (χ1) is 6.93. The second kappa shape index (κ2) is 4.33. The van der Waals surface area contributed by atoms with Gasteiger partial charge in [-0.05, 0) is 12.8 Å². The van der Waals surface area contributed by atoms with Crippen molar-refractivity contribution in [2.24, 2.45) is 13.0 Å². The Bertz CT molecular complexity index is 368. The molecule has 0 saturated heterocycles. The number of rotatable bonds is 3. The molecule has 0 aliphatic carbocycles. The summed E-state index contributed by atoms with van der Waals surface area (Å²) in [5.74, 6) is 1.28. The van der Waals surface area contributed by atoms with Gasteiger partial charge in [0.15, 0.2) is 11.5 Å². The Morgan fingerprint density at radius 3 is 2.60 bits per heavy atom. The molecule has 5 nitrogen and oxygen atoms in total. The Morgan fingerprint density at radius 2 is 2.20 bits per heavy atom. The van der Waals surface area contributed by atoms with E-state index in [4.69, 9.17) is 5.73 Å². The van der Waals surface area contributed by atoms with E-state index in [9.17, 15) is 4.79 Å². The maximum absolute atomic E-state index is 11.8. The minimum atomic E-state index is -0.163. The number of nitrogens with two attached hydrogens (primary N) is 1. The molecule has 1 rings (SSSR count). The van der Waals surface area contributed by atoms with Gasteiger partial charge >= 0.3 is 0 Å². The van der Waals surface area contributed by atoms with Crippen molar-refractivity contribution < 1.29 is 4.79 Å². The van der Waals surface area contributed by atoms with E-state index in [-0.39, 0.29) is 11.7 Å². The van der Waals surface area contributed by atoms with E-state index < -0.39 is 0 Å². The van der Waals surface area contributed by atoms with Crippen molar-refractivity contribution in [3.05, 3.63) is 11.5 Å². The molecule has 0 atom stereocenters. The molecular formula is C10H18N4O. The van der Waals surface area contributed by atoms with Crippen molar-refractivity contribution in [3.63, 3.8) is 0 Å². The molecular weight excluding hydrogens is 192 g/mol. The summed E-state index contributed by atoms with van der Waals surface area (Å²) in [6, 6.07) is 0. The van der Waals surface area contributed by atoms with Crippen LogP contribution in [0.2, 0.25) is 0 Å². The van der Waals surface area contributed by atoms with Gasteiger partial charge in [-0.2, -0.15) is 0 Å². The van der Waals surface area contributed by atoms with Crippen LogP contribution < -0.4 is 11.1 Å². The lowest BCUT2D eigenvalue weighted by atomic mass is 10.2. The summed E-state index contributed by atoms with van der Waals surface area (Å²) >= 11 is 0. The zero-order valence-corrected chi connectivity index (χ0v) is 9.66. The maximum atomic E-state index is 11.8. The number of nitrogens with one attached hydrogen (secondary N) is 1. The zero-order chi connectivity index (χ0) is 11.6. The fourth-order valence-electron chi connectivity index (χ4n) is 1.29. The Morgan fingerprint density at radius 1 is 1.60 bits per heavy atom. The molecule has 0 radical (unpaired) electrons. The number of hydrogen-bond donors (Lipinski definition) is 2. The first-order valence-electron chi connectivity index (χ1n) is 5.00. The molecule has 15 heavy (non-hydrogen) atoms. The third-order valence-corrected chi connectivity index (χ3v) is 2.23. The van der Waals surface area contributed by atoms with Crippen LogP contribution in [0, 0.1) is 12.8 Å². The fraction of sp³-hybridized carbons (Fsp3) is 0.600. The lowest BCUT2D eigenvalue weighted by Gasteiger charge is -2.08. The number of nitrogen functional groups attached to an aromatic ring is 1. The first kappa shape index (κ1) is 11.6. The summed E-state index contributed by atoms with van der Waals surface area (Å²) in [5.41, 5.74) is 6.09. The smallest absolute Gasteiger partial charge is 0.271 e. The minimum Gasteiger partial charge on any atom is -0.382 e. The van der Waals surface area contributed by atoms with Crippen LogP contribution in [-0.2, 0) is 7.05 Å². The summed E-state index contributed by atoms with van der Waals surface area (Å²) < 4.78 is 1.70. The van der Waals surface area contributed by atoms with Crippen LogP contribution in [-0.4, -0.2) is 22.0 Å². The Labute approximate surface area is 89.7 Å². The van der Waals surface area contributed by atoms with Gasteiger partial charge in [-0.25, -0.2) is 4.98 Å². The van der Waals surface area contributed by atoms with E-state index in [1.165, 1.54) is 0 Å². The summed E-state index contributed by atoms with van der Waals surface area (Å²) in [4.78, 5) is 15.8. The molecule has 3 N–H and O–H groups in total. The fourth-order valence-corrected chi connectivity index (χ4v) is 1.29.